The average molecular weight is 262 g/mol. The zero-order valence-electron chi connectivity index (χ0n) is 12.4. The molecule has 1 saturated heterocycles. The van der Waals surface area contributed by atoms with E-state index in [-0.39, 0.29) is 0 Å². The lowest BCUT2D eigenvalue weighted by molar-refractivity contribution is 0.114. The molecule has 1 N–H and O–H groups in total. The van der Waals surface area contributed by atoms with E-state index < -0.39 is 0 Å². The number of nitrogens with zero attached hydrogens (tertiary/aromatic N) is 3. The first kappa shape index (κ1) is 14.4. The Morgan fingerprint density at radius 3 is 2.95 bits per heavy atom. The lowest BCUT2D eigenvalue weighted by Gasteiger charge is -2.40. The molecule has 0 aliphatic carbocycles. The zero-order valence-corrected chi connectivity index (χ0v) is 12.4. The number of nitrogens with one attached hydrogen (secondary N) is 1. The Balaban J connectivity index is 2.01. The Morgan fingerprint density at radius 2 is 2.26 bits per heavy atom. The largest absolute Gasteiger partial charge is 0.311 e. The van der Waals surface area contributed by atoms with E-state index in [1.54, 1.807) is 0 Å². The summed E-state index contributed by atoms with van der Waals surface area (Å²) in [5.74, 6) is 0.866. The topological polar surface area (TPSA) is 41.1 Å². The molecular weight excluding hydrogens is 236 g/mol. The highest BCUT2D eigenvalue weighted by molar-refractivity contribution is 5.02. The summed E-state index contributed by atoms with van der Waals surface area (Å²) >= 11 is 0. The van der Waals surface area contributed by atoms with Crippen molar-refractivity contribution < 1.29 is 0 Å². The molecule has 1 aliphatic rings. The van der Waals surface area contributed by atoms with Crippen LogP contribution < -0.4 is 5.32 Å². The molecule has 0 radical (unpaired) electrons. The second kappa shape index (κ2) is 6.96. The number of aryl methyl sites for hydroxylation is 1. The van der Waals surface area contributed by atoms with Gasteiger partial charge in [-0.1, -0.05) is 20.3 Å². The van der Waals surface area contributed by atoms with Crippen molar-refractivity contribution in [1.82, 2.24) is 20.2 Å². The quantitative estimate of drug-likeness (QED) is 0.882. The predicted octanol–water partition coefficient (Wildman–Crippen LogP) is 2.14. The Bertz CT molecular complexity index is 393. The van der Waals surface area contributed by atoms with Crippen LogP contribution in [0.3, 0.4) is 0 Å². The Morgan fingerprint density at radius 1 is 1.42 bits per heavy atom. The summed E-state index contributed by atoms with van der Waals surface area (Å²) in [4.78, 5) is 11.3. The third kappa shape index (κ3) is 3.98. The minimum atomic E-state index is 0.628. The maximum absolute atomic E-state index is 4.53. The molecule has 0 aromatic carbocycles. The lowest BCUT2D eigenvalue weighted by Crippen LogP contribution is -2.55. The minimum Gasteiger partial charge on any atom is -0.311 e. The van der Waals surface area contributed by atoms with Gasteiger partial charge in [-0.05, 0) is 25.8 Å². The highest BCUT2D eigenvalue weighted by atomic mass is 15.2. The SMILES string of the molecule is CCCC1CN(Cc2ccnc(C)n2)C(CC)CN1. The fourth-order valence-electron chi connectivity index (χ4n) is 2.87. The number of hydrogen-bond donors (Lipinski definition) is 1. The van der Waals surface area contributed by atoms with Crippen molar-refractivity contribution in [2.45, 2.75) is 58.7 Å². The maximum Gasteiger partial charge on any atom is 0.125 e. The van der Waals surface area contributed by atoms with E-state index in [0.29, 0.717) is 12.1 Å². The van der Waals surface area contributed by atoms with Crippen molar-refractivity contribution in [3.05, 3.63) is 23.8 Å². The second-order valence-electron chi connectivity index (χ2n) is 5.48. The highest BCUT2D eigenvalue weighted by Crippen LogP contribution is 2.15. The molecule has 1 aromatic heterocycles. The van der Waals surface area contributed by atoms with E-state index in [2.05, 4.69) is 34.0 Å². The molecular formula is C15H26N4. The van der Waals surface area contributed by atoms with Crippen LogP contribution in [-0.4, -0.2) is 40.0 Å². The van der Waals surface area contributed by atoms with Crippen LogP contribution in [0.1, 0.15) is 44.6 Å². The molecule has 2 atom stereocenters. The molecule has 1 fully saturated rings. The Kier molecular flexibility index (Phi) is 5.28. The predicted molar refractivity (Wildman–Crippen MR) is 78.0 cm³/mol. The fourth-order valence-corrected chi connectivity index (χ4v) is 2.87. The van der Waals surface area contributed by atoms with Gasteiger partial charge in [0.15, 0.2) is 0 Å². The monoisotopic (exact) mass is 262 g/mol. The smallest absolute Gasteiger partial charge is 0.125 e. The van der Waals surface area contributed by atoms with Crippen molar-refractivity contribution in [2.24, 2.45) is 0 Å². The number of aromatic nitrogens is 2. The first-order valence-corrected chi connectivity index (χ1v) is 7.48. The van der Waals surface area contributed by atoms with Gasteiger partial charge in [0.2, 0.25) is 0 Å². The average Bonchev–Trinajstić information content (AvgIpc) is 2.39. The van der Waals surface area contributed by atoms with Crippen LogP contribution in [0.25, 0.3) is 0 Å². The van der Waals surface area contributed by atoms with Gasteiger partial charge in [0, 0.05) is 37.9 Å². The van der Waals surface area contributed by atoms with Gasteiger partial charge in [-0.25, -0.2) is 9.97 Å². The van der Waals surface area contributed by atoms with Gasteiger partial charge in [0.05, 0.1) is 5.69 Å². The van der Waals surface area contributed by atoms with Gasteiger partial charge >= 0.3 is 0 Å². The van der Waals surface area contributed by atoms with E-state index in [1.165, 1.54) is 19.3 Å². The van der Waals surface area contributed by atoms with Crippen molar-refractivity contribution in [1.29, 1.82) is 0 Å². The van der Waals surface area contributed by atoms with E-state index in [1.807, 2.05) is 19.2 Å². The van der Waals surface area contributed by atoms with Crippen LogP contribution in [0.15, 0.2) is 12.3 Å². The van der Waals surface area contributed by atoms with Crippen molar-refractivity contribution in [3.8, 4) is 0 Å². The van der Waals surface area contributed by atoms with E-state index in [9.17, 15) is 0 Å². The molecule has 106 valence electrons. The first-order valence-electron chi connectivity index (χ1n) is 7.48. The summed E-state index contributed by atoms with van der Waals surface area (Å²) in [6, 6.07) is 3.30. The number of rotatable bonds is 5. The Hall–Kier alpha value is -1.00. The molecule has 0 saturated carbocycles. The van der Waals surface area contributed by atoms with E-state index in [4.69, 9.17) is 0 Å². The minimum absolute atomic E-state index is 0.628. The maximum atomic E-state index is 4.53. The van der Waals surface area contributed by atoms with Gasteiger partial charge in [0.1, 0.15) is 5.82 Å². The lowest BCUT2D eigenvalue weighted by atomic mass is 10.0. The van der Waals surface area contributed by atoms with Crippen LogP contribution in [0.5, 0.6) is 0 Å². The summed E-state index contributed by atoms with van der Waals surface area (Å²) in [5.41, 5.74) is 1.14. The fraction of sp³-hybridized carbons (Fsp3) is 0.733. The zero-order chi connectivity index (χ0) is 13.7. The summed E-state index contributed by atoms with van der Waals surface area (Å²) in [7, 11) is 0. The molecule has 1 aliphatic heterocycles. The molecule has 19 heavy (non-hydrogen) atoms. The van der Waals surface area contributed by atoms with Crippen LogP contribution in [0.4, 0.5) is 0 Å². The van der Waals surface area contributed by atoms with Gasteiger partial charge < -0.3 is 5.32 Å². The second-order valence-corrected chi connectivity index (χ2v) is 5.48. The molecule has 2 rings (SSSR count). The Labute approximate surface area is 116 Å². The molecule has 2 unspecified atom stereocenters. The van der Waals surface area contributed by atoms with Crippen molar-refractivity contribution >= 4 is 0 Å². The first-order chi connectivity index (χ1) is 9.22. The van der Waals surface area contributed by atoms with Gasteiger partial charge in [0.25, 0.3) is 0 Å². The van der Waals surface area contributed by atoms with Gasteiger partial charge in [-0.2, -0.15) is 0 Å². The van der Waals surface area contributed by atoms with Gasteiger partial charge in [-0.3, -0.25) is 4.90 Å². The molecule has 0 bridgehead atoms. The van der Waals surface area contributed by atoms with Crippen LogP contribution in [-0.2, 0) is 6.54 Å². The van der Waals surface area contributed by atoms with Gasteiger partial charge in [-0.15, -0.1) is 0 Å². The van der Waals surface area contributed by atoms with E-state index >= 15 is 0 Å². The van der Waals surface area contributed by atoms with Crippen molar-refractivity contribution in [2.75, 3.05) is 13.1 Å². The molecule has 4 nitrogen and oxygen atoms in total. The van der Waals surface area contributed by atoms with Crippen molar-refractivity contribution in [3.63, 3.8) is 0 Å². The van der Waals surface area contributed by atoms with Crippen LogP contribution in [0, 0.1) is 6.92 Å². The summed E-state index contributed by atoms with van der Waals surface area (Å²) in [6.07, 6.45) is 5.56. The molecule has 1 aromatic rings. The third-order valence-corrected chi connectivity index (χ3v) is 3.92. The molecule has 0 amide bonds. The van der Waals surface area contributed by atoms with Crippen LogP contribution in [0.2, 0.25) is 0 Å². The number of piperazine rings is 1. The van der Waals surface area contributed by atoms with Crippen LogP contribution >= 0.6 is 0 Å². The molecule has 4 heteroatoms. The van der Waals surface area contributed by atoms with E-state index in [0.717, 1.165) is 31.2 Å². The molecule has 2 heterocycles. The number of hydrogen-bond acceptors (Lipinski definition) is 4. The highest BCUT2D eigenvalue weighted by Gasteiger charge is 2.26. The summed E-state index contributed by atoms with van der Waals surface area (Å²) < 4.78 is 0. The summed E-state index contributed by atoms with van der Waals surface area (Å²) in [6.45, 7) is 9.67. The normalized spacial score (nSPS) is 24.6. The summed E-state index contributed by atoms with van der Waals surface area (Å²) in [5, 5.41) is 3.67. The third-order valence-electron chi connectivity index (χ3n) is 3.92. The molecule has 0 spiro atoms. The standard InChI is InChI=1S/C15H26N4/c1-4-6-13-10-19(15(5-2)9-17-13)11-14-7-8-16-12(3)18-14/h7-8,13,15,17H,4-6,9-11H2,1-3H3.